The normalized spacial score (nSPS) is 12.1. The highest BCUT2D eigenvalue weighted by atomic mass is 16.3. The second-order valence-electron chi connectivity index (χ2n) is 4.83. The highest BCUT2D eigenvalue weighted by Gasteiger charge is 2.10. The fraction of sp³-hybridized carbons (Fsp3) is 0.235. The molecule has 0 aliphatic heterocycles. The van der Waals surface area contributed by atoms with Crippen molar-refractivity contribution in [2.24, 2.45) is 0 Å². The SMILES string of the molecule is CCC(C)c1cc(-c2cccc(C=O)c2)ccc1O. The monoisotopic (exact) mass is 254 g/mol. The van der Waals surface area contributed by atoms with Crippen LogP contribution in [0, 0.1) is 0 Å². The van der Waals surface area contributed by atoms with Crippen LogP contribution in [0.5, 0.6) is 5.75 Å². The zero-order valence-electron chi connectivity index (χ0n) is 11.3. The van der Waals surface area contributed by atoms with E-state index in [0.29, 0.717) is 17.2 Å². The quantitative estimate of drug-likeness (QED) is 0.822. The van der Waals surface area contributed by atoms with Crippen LogP contribution < -0.4 is 0 Å². The molecule has 2 heteroatoms. The van der Waals surface area contributed by atoms with E-state index < -0.39 is 0 Å². The number of aromatic hydroxyl groups is 1. The van der Waals surface area contributed by atoms with Crippen molar-refractivity contribution in [1.29, 1.82) is 0 Å². The Balaban J connectivity index is 2.47. The van der Waals surface area contributed by atoms with E-state index in [9.17, 15) is 9.90 Å². The summed E-state index contributed by atoms with van der Waals surface area (Å²) in [5.41, 5.74) is 3.64. The van der Waals surface area contributed by atoms with E-state index in [-0.39, 0.29) is 0 Å². The van der Waals surface area contributed by atoms with Gasteiger partial charge in [0.2, 0.25) is 0 Å². The predicted molar refractivity (Wildman–Crippen MR) is 77.6 cm³/mol. The molecule has 0 heterocycles. The first-order chi connectivity index (χ1) is 9.15. The molecule has 2 nitrogen and oxygen atoms in total. The lowest BCUT2D eigenvalue weighted by Crippen LogP contribution is -1.93. The lowest BCUT2D eigenvalue weighted by molar-refractivity contribution is 0.112. The Labute approximate surface area is 113 Å². The Hall–Kier alpha value is -2.09. The molecule has 0 aliphatic rings. The number of aldehydes is 1. The zero-order valence-corrected chi connectivity index (χ0v) is 11.3. The smallest absolute Gasteiger partial charge is 0.150 e. The van der Waals surface area contributed by atoms with Gasteiger partial charge in [0.15, 0.2) is 0 Å². The molecule has 1 atom stereocenters. The summed E-state index contributed by atoms with van der Waals surface area (Å²) in [5.74, 6) is 0.652. The maximum atomic E-state index is 10.8. The van der Waals surface area contributed by atoms with Gasteiger partial charge in [-0.25, -0.2) is 0 Å². The van der Waals surface area contributed by atoms with E-state index in [1.165, 1.54) is 0 Å². The van der Waals surface area contributed by atoms with Crippen molar-refractivity contribution in [3.63, 3.8) is 0 Å². The number of phenols is 1. The lowest BCUT2D eigenvalue weighted by Gasteiger charge is -2.13. The summed E-state index contributed by atoms with van der Waals surface area (Å²) >= 11 is 0. The van der Waals surface area contributed by atoms with Gasteiger partial charge in [-0.15, -0.1) is 0 Å². The van der Waals surface area contributed by atoms with Gasteiger partial charge in [-0.1, -0.05) is 38.1 Å². The number of benzene rings is 2. The molecule has 19 heavy (non-hydrogen) atoms. The first-order valence-corrected chi connectivity index (χ1v) is 6.54. The van der Waals surface area contributed by atoms with E-state index in [2.05, 4.69) is 13.8 Å². The molecule has 0 aromatic heterocycles. The molecule has 1 unspecified atom stereocenters. The van der Waals surface area contributed by atoms with E-state index in [4.69, 9.17) is 0 Å². The van der Waals surface area contributed by atoms with Gasteiger partial charge in [0.05, 0.1) is 0 Å². The van der Waals surface area contributed by atoms with Crippen LogP contribution in [0.1, 0.15) is 42.1 Å². The van der Waals surface area contributed by atoms with Gasteiger partial charge in [-0.3, -0.25) is 4.79 Å². The summed E-state index contributed by atoms with van der Waals surface area (Å²) in [6, 6.07) is 13.1. The molecule has 0 saturated carbocycles. The Morgan fingerprint density at radius 3 is 2.58 bits per heavy atom. The van der Waals surface area contributed by atoms with Gasteiger partial charge in [0.25, 0.3) is 0 Å². The molecule has 98 valence electrons. The summed E-state index contributed by atoms with van der Waals surface area (Å²) in [6.07, 6.45) is 1.82. The van der Waals surface area contributed by atoms with Crippen LogP contribution >= 0.6 is 0 Å². The van der Waals surface area contributed by atoms with Crippen LogP contribution in [0.2, 0.25) is 0 Å². The van der Waals surface area contributed by atoms with Crippen LogP contribution in [-0.4, -0.2) is 11.4 Å². The molecular weight excluding hydrogens is 236 g/mol. The fourth-order valence-corrected chi connectivity index (χ4v) is 2.14. The first-order valence-electron chi connectivity index (χ1n) is 6.54. The molecule has 2 aromatic carbocycles. The number of phenolic OH excluding ortho intramolecular Hbond substituents is 1. The maximum absolute atomic E-state index is 10.8. The Morgan fingerprint density at radius 1 is 1.16 bits per heavy atom. The van der Waals surface area contributed by atoms with Gasteiger partial charge in [-0.05, 0) is 47.2 Å². The number of carbonyl (C=O) groups is 1. The van der Waals surface area contributed by atoms with Crippen LogP contribution in [0.15, 0.2) is 42.5 Å². The minimum atomic E-state index is 0.314. The average molecular weight is 254 g/mol. The van der Waals surface area contributed by atoms with Gasteiger partial charge in [-0.2, -0.15) is 0 Å². The third-order valence-electron chi connectivity index (χ3n) is 3.53. The van der Waals surface area contributed by atoms with Crippen molar-refractivity contribution in [2.75, 3.05) is 0 Å². The van der Waals surface area contributed by atoms with Gasteiger partial charge >= 0.3 is 0 Å². The summed E-state index contributed by atoms with van der Waals surface area (Å²) < 4.78 is 0. The highest BCUT2D eigenvalue weighted by molar-refractivity contribution is 5.79. The minimum absolute atomic E-state index is 0.314. The first kappa shape index (κ1) is 13.3. The van der Waals surface area contributed by atoms with Crippen molar-refractivity contribution in [2.45, 2.75) is 26.2 Å². The molecular formula is C17H18O2. The largest absolute Gasteiger partial charge is 0.508 e. The van der Waals surface area contributed by atoms with Crippen LogP contribution in [0.25, 0.3) is 11.1 Å². The molecule has 0 fully saturated rings. The summed E-state index contributed by atoms with van der Waals surface area (Å²) in [5, 5.41) is 9.93. The fourth-order valence-electron chi connectivity index (χ4n) is 2.14. The molecule has 2 aromatic rings. The second kappa shape index (κ2) is 5.70. The lowest BCUT2D eigenvalue weighted by atomic mass is 9.93. The molecule has 0 aliphatic carbocycles. The van der Waals surface area contributed by atoms with Crippen molar-refractivity contribution in [1.82, 2.24) is 0 Å². The van der Waals surface area contributed by atoms with E-state index in [0.717, 1.165) is 29.4 Å². The molecule has 1 N–H and O–H groups in total. The number of carbonyl (C=O) groups excluding carboxylic acids is 1. The third-order valence-corrected chi connectivity index (χ3v) is 3.53. The third kappa shape index (κ3) is 2.84. The zero-order chi connectivity index (χ0) is 13.8. The van der Waals surface area contributed by atoms with Gasteiger partial charge < -0.3 is 5.11 Å². The van der Waals surface area contributed by atoms with Gasteiger partial charge in [0, 0.05) is 5.56 Å². The van der Waals surface area contributed by atoms with E-state index in [1.54, 1.807) is 12.1 Å². The standard InChI is InChI=1S/C17H18O2/c1-3-12(2)16-10-15(7-8-17(16)19)14-6-4-5-13(9-14)11-18/h4-12,19H,3H2,1-2H3. The Bertz CT molecular complexity index is 588. The Morgan fingerprint density at radius 2 is 1.89 bits per heavy atom. The molecule has 0 spiro atoms. The number of hydrogen-bond acceptors (Lipinski definition) is 2. The minimum Gasteiger partial charge on any atom is -0.508 e. The molecule has 0 bridgehead atoms. The summed E-state index contributed by atoms with van der Waals surface area (Å²) in [7, 11) is 0. The topological polar surface area (TPSA) is 37.3 Å². The second-order valence-corrected chi connectivity index (χ2v) is 4.83. The van der Waals surface area contributed by atoms with E-state index in [1.807, 2.05) is 30.3 Å². The molecule has 0 saturated heterocycles. The number of hydrogen-bond donors (Lipinski definition) is 1. The molecule has 0 amide bonds. The molecule has 2 rings (SSSR count). The van der Waals surface area contributed by atoms with Crippen LogP contribution in [-0.2, 0) is 0 Å². The Kier molecular flexibility index (Phi) is 4.00. The van der Waals surface area contributed by atoms with Crippen molar-refractivity contribution in [3.05, 3.63) is 53.6 Å². The van der Waals surface area contributed by atoms with Crippen molar-refractivity contribution >= 4 is 6.29 Å². The van der Waals surface area contributed by atoms with Crippen molar-refractivity contribution < 1.29 is 9.90 Å². The highest BCUT2D eigenvalue weighted by Crippen LogP contribution is 2.32. The average Bonchev–Trinajstić information content (AvgIpc) is 2.47. The van der Waals surface area contributed by atoms with Crippen LogP contribution in [0.4, 0.5) is 0 Å². The summed E-state index contributed by atoms with van der Waals surface area (Å²) in [4.78, 5) is 10.8. The van der Waals surface area contributed by atoms with Crippen molar-refractivity contribution in [3.8, 4) is 16.9 Å². The van der Waals surface area contributed by atoms with E-state index >= 15 is 0 Å². The van der Waals surface area contributed by atoms with Gasteiger partial charge in [0.1, 0.15) is 12.0 Å². The number of rotatable bonds is 4. The van der Waals surface area contributed by atoms with Crippen LogP contribution in [0.3, 0.4) is 0 Å². The summed E-state index contributed by atoms with van der Waals surface area (Å²) in [6.45, 7) is 4.20. The maximum Gasteiger partial charge on any atom is 0.150 e. The predicted octanol–water partition coefficient (Wildman–Crippen LogP) is 4.39. The molecule has 0 radical (unpaired) electrons.